The fourth-order valence-corrected chi connectivity index (χ4v) is 2.20. The predicted octanol–water partition coefficient (Wildman–Crippen LogP) is 1.64. The Kier molecular flexibility index (Phi) is 2.52. The molecule has 0 saturated carbocycles. The molecule has 2 aromatic heterocycles. The standard InChI is InChI=1S/C11H8N4O2S/c12-6-1-2-8-7(5-6)9(16)15-10(14-8)18-11-13-3-4-17-11/h1-5H,12H2,(H,14,15,16). The van der Waals surface area contributed by atoms with Crippen molar-refractivity contribution in [2.24, 2.45) is 0 Å². The zero-order valence-corrected chi connectivity index (χ0v) is 9.90. The molecule has 0 saturated heterocycles. The molecule has 0 unspecified atom stereocenters. The molecule has 0 bridgehead atoms. The van der Waals surface area contributed by atoms with Gasteiger partial charge >= 0.3 is 0 Å². The maximum atomic E-state index is 11.9. The zero-order chi connectivity index (χ0) is 12.5. The van der Waals surface area contributed by atoms with Crippen LogP contribution in [0.4, 0.5) is 5.69 Å². The van der Waals surface area contributed by atoms with Crippen molar-refractivity contribution in [2.75, 3.05) is 5.73 Å². The van der Waals surface area contributed by atoms with Gasteiger partial charge in [0.2, 0.25) is 0 Å². The van der Waals surface area contributed by atoms with Crippen molar-refractivity contribution >= 4 is 28.4 Å². The highest BCUT2D eigenvalue weighted by Gasteiger charge is 2.07. The van der Waals surface area contributed by atoms with Gasteiger partial charge in [0.1, 0.15) is 6.26 Å². The number of anilines is 1. The van der Waals surface area contributed by atoms with Crippen molar-refractivity contribution in [2.45, 2.75) is 10.4 Å². The van der Waals surface area contributed by atoms with Crippen LogP contribution in [0.2, 0.25) is 0 Å². The highest BCUT2D eigenvalue weighted by atomic mass is 32.2. The first-order chi connectivity index (χ1) is 8.72. The first-order valence-corrected chi connectivity index (χ1v) is 5.91. The van der Waals surface area contributed by atoms with E-state index >= 15 is 0 Å². The third-order valence-corrected chi connectivity index (χ3v) is 3.06. The van der Waals surface area contributed by atoms with E-state index in [1.807, 2.05) is 0 Å². The molecule has 90 valence electrons. The van der Waals surface area contributed by atoms with Gasteiger partial charge in [0.25, 0.3) is 10.8 Å². The van der Waals surface area contributed by atoms with Gasteiger partial charge in [0.15, 0.2) is 5.16 Å². The molecule has 0 spiro atoms. The normalized spacial score (nSPS) is 10.9. The maximum absolute atomic E-state index is 11.9. The molecule has 1 aromatic carbocycles. The fourth-order valence-electron chi connectivity index (χ4n) is 1.53. The van der Waals surface area contributed by atoms with Crippen LogP contribution in [0.25, 0.3) is 10.9 Å². The van der Waals surface area contributed by atoms with Gasteiger partial charge < -0.3 is 15.1 Å². The minimum atomic E-state index is -0.235. The first-order valence-electron chi connectivity index (χ1n) is 5.09. The molecule has 6 nitrogen and oxygen atoms in total. The summed E-state index contributed by atoms with van der Waals surface area (Å²) in [5.41, 5.74) is 6.51. The summed E-state index contributed by atoms with van der Waals surface area (Å²) in [6.07, 6.45) is 2.99. The molecule has 3 rings (SSSR count). The number of nitrogens with one attached hydrogen (secondary N) is 1. The summed E-state index contributed by atoms with van der Waals surface area (Å²) in [7, 11) is 0. The van der Waals surface area contributed by atoms with Gasteiger partial charge in [-0.2, -0.15) is 0 Å². The summed E-state index contributed by atoms with van der Waals surface area (Å²) >= 11 is 1.15. The van der Waals surface area contributed by atoms with Crippen molar-refractivity contribution in [3.63, 3.8) is 0 Å². The fraction of sp³-hybridized carbons (Fsp3) is 0. The number of aromatic amines is 1. The number of nitrogen functional groups attached to an aromatic ring is 1. The Labute approximate surface area is 105 Å². The molecule has 0 amide bonds. The number of oxazole rings is 1. The summed E-state index contributed by atoms with van der Waals surface area (Å²) in [5, 5.41) is 1.32. The van der Waals surface area contributed by atoms with Crippen molar-refractivity contribution < 1.29 is 4.42 Å². The lowest BCUT2D eigenvalue weighted by molar-refractivity contribution is 0.453. The number of rotatable bonds is 2. The van der Waals surface area contributed by atoms with E-state index in [0.29, 0.717) is 27.0 Å². The van der Waals surface area contributed by atoms with Crippen LogP contribution in [0.15, 0.2) is 50.2 Å². The lowest BCUT2D eigenvalue weighted by Crippen LogP contribution is -2.09. The smallest absolute Gasteiger partial charge is 0.263 e. The number of nitrogens with zero attached hydrogens (tertiary/aromatic N) is 2. The lowest BCUT2D eigenvalue weighted by atomic mass is 10.2. The van der Waals surface area contributed by atoms with E-state index in [4.69, 9.17) is 10.2 Å². The van der Waals surface area contributed by atoms with E-state index in [0.717, 1.165) is 11.8 Å². The SMILES string of the molecule is Nc1ccc2nc(Sc3ncco3)[nH]c(=O)c2c1. The van der Waals surface area contributed by atoms with Crippen LogP contribution in [-0.4, -0.2) is 15.0 Å². The Morgan fingerprint density at radius 2 is 2.28 bits per heavy atom. The van der Waals surface area contributed by atoms with Gasteiger partial charge in [0.05, 0.1) is 17.1 Å². The van der Waals surface area contributed by atoms with E-state index in [1.54, 1.807) is 18.2 Å². The van der Waals surface area contributed by atoms with Crippen LogP contribution < -0.4 is 11.3 Å². The number of hydrogen-bond acceptors (Lipinski definition) is 6. The number of fused-ring (bicyclic) bond motifs is 1. The molecule has 7 heteroatoms. The average Bonchev–Trinajstić information content (AvgIpc) is 2.83. The molecule has 0 aliphatic rings. The number of hydrogen-bond donors (Lipinski definition) is 2. The Bertz CT molecular complexity index is 751. The van der Waals surface area contributed by atoms with Crippen LogP contribution in [-0.2, 0) is 0 Å². The van der Waals surface area contributed by atoms with Crippen LogP contribution in [0, 0.1) is 0 Å². The molecule has 3 N–H and O–H groups in total. The van der Waals surface area contributed by atoms with E-state index < -0.39 is 0 Å². The van der Waals surface area contributed by atoms with Gasteiger partial charge in [-0.3, -0.25) is 4.79 Å². The quantitative estimate of drug-likeness (QED) is 0.537. The first kappa shape index (κ1) is 10.8. The summed E-state index contributed by atoms with van der Waals surface area (Å²) in [6.45, 7) is 0. The highest BCUT2D eigenvalue weighted by Crippen LogP contribution is 2.23. The summed E-state index contributed by atoms with van der Waals surface area (Å²) in [6, 6.07) is 5.01. The van der Waals surface area contributed by atoms with E-state index in [2.05, 4.69) is 15.0 Å². The Morgan fingerprint density at radius 1 is 1.39 bits per heavy atom. The monoisotopic (exact) mass is 260 g/mol. The van der Waals surface area contributed by atoms with Crippen molar-refractivity contribution in [3.05, 3.63) is 41.0 Å². The average molecular weight is 260 g/mol. The van der Waals surface area contributed by atoms with E-state index in [-0.39, 0.29) is 5.56 Å². The van der Waals surface area contributed by atoms with Gasteiger partial charge in [-0.1, -0.05) is 0 Å². The number of H-pyrrole nitrogens is 1. The summed E-state index contributed by atoms with van der Waals surface area (Å²) < 4.78 is 5.08. The third-order valence-electron chi connectivity index (χ3n) is 2.30. The largest absolute Gasteiger partial charge is 0.440 e. The van der Waals surface area contributed by atoms with Gasteiger partial charge in [-0.05, 0) is 18.2 Å². The van der Waals surface area contributed by atoms with Crippen molar-refractivity contribution in [3.8, 4) is 0 Å². The Morgan fingerprint density at radius 3 is 3.06 bits per heavy atom. The number of aromatic nitrogens is 3. The molecular weight excluding hydrogens is 252 g/mol. The van der Waals surface area contributed by atoms with Gasteiger partial charge in [-0.15, -0.1) is 0 Å². The second kappa shape index (κ2) is 4.19. The molecule has 0 atom stereocenters. The lowest BCUT2D eigenvalue weighted by Gasteiger charge is -2.01. The van der Waals surface area contributed by atoms with Crippen LogP contribution in [0.3, 0.4) is 0 Å². The van der Waals surface area contributed by atoms with Crippen LogP contribution in [0.5, 0.6) is 0 Å². The van der Waals surface area contributed by atoms with Crippen LogP contribution >= 0.6 is 11.8 Å². The molecule has 0 aliphatic carbocycles. The predicted molar refractivity (Wildman–Crippen MR) is 67.4 cm³/mol. The second-order valence-corrected chi connectivity index (χ2v) is 4.49. The second-order valence-electron chi connectivity index (χ2n) is 3.55. The van der Waals surface area contributed by atoms with Crippen molar-refractivity contribution in [1.82, 2.24) is 15.0 Å². The molecule has 2 heterocycles. The minimum absolute atomic E-state index is 0.235. The molecular formula is C11H8N4O2S. The molecule has 0 fully saturated rings. The van der Waals surface area contributed by atoms with E-state index in [9.17, 15) is 4.79 Å². The van der Waals surface area contributed by atoms with E-state index in [1.165, 1.54) is 12.5 Å². The number of benzene rings is 1. The zero-order valence-electron chi connectivity index (χ0n) is 9.08. The van der Waals surface area contributed by atoms with Gasteiger partial charge in [0, 0.05) is 17.4 Å². The van der Waals surface area contributed by atoms with Gasteiger partial charge in [-0.25, -0.2) is 9.97 Å². The molecule has 0 aliphatic heterocycles. The Balaban J connectivity index is 2.10. The summed E-state index contributed by atoms with van der Waals surface area (Å²) in [5.74, 6) is 0. The minimum Gasteiger partial charge on any atom is -0.440 e. The Hall–Kier alpha value is -2.28. The topological polar surface area (TPSA) is 97.8 Å². The molecule has 3 aromatic rings. The third kappa shape index (κ3) is 1.95. The molecule has 18 heavy (non-hydrogen) atoms. The van der Waals surface area contributed by atoms with Crippen LogP contribution in [0.1, 0.15) is 0 Å². The number of nitrogens with two attached hydrogens (primary N) is 1. The highest BCUT2D eigenvalue weighted by molar-refractivity contribution is 7.98. The maximum Gasteiger partial charge on any atom is 0.263 e. The molecule has 0 radical (unpaired) electrons. The summed E-state index contributed by atoms with van der Waals surface area (Å²) in [4.78, 5) is 22.8. The van der Waals surface area contributed by atoms with Crippen molar-refractivity contribution in [1.29, 1.82) is 0 Å².